The summed E-state index contributed by atoms with van der Waals surface area (Å²) in [5, 5.41) is 12.1. The molecule has 1 unspecified atom stereocenters. The minimum atomic E-state index is -0.406. The molecule has 7 heteroatoms. The fraction of sp³-hybridized carbons (Fsp3) is 0.160. The lowest BCUT2D eigenvalue weighted by Crippen LogP contribution is -2.23. The Morgan fingerprint density at radius 1 is 0.969 bits per heavy atom. The van der Waals surface area contributed by atoms with E-state index in [1.54, 1.807) is 7.11 Å². The number of aromatic nitrogens is 3. The van der Waals surface area contributed by atoms with Gasteiger partial charge in [0, 0.05) is 11.3 Å². The molecule has 1 amide bonds. The summed E-state index contributed by atoms with van der Waals surface area (Å²) in [6, 6.07) is 25.4. The molecule has 0 aliphatic heterocycles. The van der Waals surface area contributed by atoms with E-state index in [1.807, 2.05) is 85.1 Å². The molecule has 0 fully saturated rings. The standard InChI is InChI=1S/C25H24N4O2S/c1-17-13-15-20(16-14-17)29-23(19-9-5-4-6-10-19)27-28-25(29)32-18(2)24(30)26-21-11-7-8-12-22(21)31-3/h4-16,18H,1-3H3,(H,26,30). The summed E-state index contributed by atoms with van der Waals surface area (Å²) in [6.45, 7) is 3.90. The van der Waals surface area contributed by atoms with Crippen molar-refractivity contribution in [3.8, 4) is 22.8 Å². The van der Waals surface area contributed by atoms with Gasteiger partial charge in [-0.2, -0.15) is 0 Å². The Hall–Kier alpha value is -3.58. The molecule has 3 aromatic carbocycles. The first-order valence-electron chi connectivity index (χ1n) is 10.2. The van der Waals surface area contributed by atoms with E-state index in [2.05, 4.69) is 27.6 Å². The van der Waals surface area contributed by atoms with Gasteiger partial charge in [0.2, 0.25) is 5.91 Å². The highest BCUT2D eigenvalue weighted by atomic mass is 32.2. The highest BCUT2D eigenvalue weighted by Crippen LogP contribution is 2.31. The Balaban J connectivity index is 1.64. The number of hydrogen-bond donors (Lipinski definition) is 1. The Labute approximate surface area is 191 Å². The van der Waals surface area contributed by atoms with E-state index < -0.39 is 5.25 Å². The van der Waals surface area contributed by atoms with E-state index in [0.29, 0.717) is 16.6 Å². The number of para-hydroxylation sites is 2. The molecular formula is C25H24N4O2S. The second-order valence-electron chi connectivity index (χ2n) is 7.29. The van der Waals surface area contributed by atoms with Crippen LogP contribution in [0.5, 0.6) is 5.75 Å². The van der Waals surface area contributed by atoms with Crippen molar-refractivity contribution in [2.24, 2.45) is 0 Å². The number of carbonyl (C=O) groups excluding carboxylic acids is 1. The van der Waals surface area contributed by atoms with Crippen LogP contribution in [-0.2, 0) is 4.79 Å². The van der Waals surface area contributed by atoms with E-state index in [1.165, 1.54) is 17.3 Å². The number of ether oxygens (including phenoxy) is 1. The highest BCUT2D eigenvalue weighted by molar-refractivity contribution is 8.00. The number of hydrogen-bond acceptors (Lipinski definition) is 5. The van der Waals surface area contributed by atoms with Crippen molar-refractivity contribution in [2.45, 2.75) is 24.3 Å². The van der Waals surface area contributed by atoms with Gasteiger partial charge in [-0.1, -0.05) is 71.9 Å². The molecule has 1 N–H and O–H groups in total. The van der Waals surface area contributed by atoms with Gasteiger partial charge in [0.1, 0.15) is 5.75 Å². The highest BCUT2D eigenvalue weighted by Gasteiger charge is 2.22. The number of methoxy groups -OCH3 is 1. The molecule has 0 aliphatic rings. The van der Waals surface area contributed by atoms with Crippen LogP contribution in [0, 0.1) is 6.92 Å². The largest absolute Gasteiger partial charge is 0.495 e. The van der Waals surface area contributed by atoms with E-state index in [0.717, 1.165) is 17.1 Å². The van der Waals surface area contributed by atoms with Gasteiger partial charge in [0.25, 0.3) is 0 Å². The molecule has 32 heavy (non-hydrogen) atoms. The number of rotatable bonds is 7. The lowest BCUT2D eigenvalue weighted by Gasteiger charge is -2.15. The van der Waals surface area contributed by atoms with Crippen LogP contribution in [-0.4, -0.2) is 33.0 Å². The van der Waals surface area contributed by atoms with E-state index >= 15 is 0 Å². The van der Waals surface area contributed by atoms with Crippen molar-refractivity contribution < 1.29 is 9.53 Å². The fourth-order valence-electron chi connectivity index (χ4n) is 3.24. The van der Waals surface area contributed by atoms with Crippen molar-refractivity contribution in [3.63, 3.8) is 0 Å². The molecule has 1 atom stereocenters. The number of aryl methyl sites for hydroxylation is 1. The first-order chi connectivity index (χ1) is 15.6. The van der Waals surface area contributed by atoms with E-state index in [-0.39, 0.29) is 5.91 Å². The third-order valence-electron chi connectivity index (χ3n) is 4.97. The molecule has 4 rings (SSSR count). The van der Waals surface area contributed by atoms with Gasteiger partial charge < -0.3 is 10.1 Å². The molecule has 0 radical (unpaired) electrons. The van der Waals surface area contributed by atoms with Crippen LogP contribution in [0.4, 0.5) is 5.69 Å². The van der Waals surface area contributed by atoms with Gasteiger partial charge >= 0.3 is 0 Å². The Morgan fingerprint density at radius 3 is 2.38 bits per heavy atom. The maximum atomic E-state index is 12.9. The summed E-state index contributed by atoms with van der Waals surface area (Å²) in [7, 11) is 1.58. The fourth-order valence-corrected chi connectivity index (χ4v) is 4.11. The van der Waals surface area contributed by atoms with Crippen LogP contribution in [0.15, 0.2) is 84.0 Å². The van der Waals surface area contributed by atoms with Crippen LogP contribution >= 0.6 is 11.8 Å². The zero-order chi connectivity index (χ0) is 22.5. The molecule has 0 bridgehead atoms. The summed E-state index contributed by atoms with van der Waals surface area (Å²) in [5.74, 6) is 1.21. The van der Waals surface area contributed by atoms with Gasteiger partial charge in [0.05, 0.1) is 18.0 Å². The van der Waals surface area contributed by atoms with Crippen molar-refractivity contribution in [1.29, 1.82) is 0 Å². The summed E-state index contributed by atoms with van der Waals surface area (Å²) in [6.07, 6.45) is 0. The van der Waals surface area contributed by atoms with Crippen LogP contribution in [0.2, 0.25) is 0 Å². The first-order valence-corrected chi connectivity index (χ1v) is 11.1. The number of anilines is 1. The van der Waals surface area contributed by atoms with Crippen LogP contribution in [0.1, 0.15) is 12.5 Å². The maximum Gasteiger partial charge on any atom is 0.237 e. The summed E-state index contributed by atoms with van der Waals surface area (Å²) < 4.78 is 7.33. The summed E-state index contributed by atoms with van der Waals surface area (Å²) in [4.78, 5) is 12.9. The molecule has 0 spiro atoms. The average Bonchev–Trinajstić information content (AvgIpc) is 3.24. The lowest BCUT2D eigenvalue weighted by atomic mass is 10.2. The zero-order valence-electron chi connectivity index (χ0n) is 18.1. The molecule has 1 heterocycles. The number of nitrogens with zero attached hydrogens (tertiary/aromatic N) is 3. The summed E-state index contributed by atoms with van der Waals surface area (Å²) >= 11 is 1.36. The van der Waals surface area contributed by atoms with Crippen molar-refractivity contribution in [3.05, 3.63) is 84.4 Å². The van der Waals surface area contributed by atoms with Gasteiger partial charge in [-0.05, 0) is 38.1 Å². The minimum absolute atomic E-state index is 0.140. The van der Waals surface area contributed by atoms with Crippen LogP contribution in [0.3, 0.4) is 0 Å². The first kappa shape index (κ1) is 21.6. The minimum Gasteiger partial charge on any atom is -0.495 e. The van der Waals surface area contributed by atoms with Gasteiger partial charge in [-0.3, -0.25) is 9.36 Å². The molecule has 0 saturated carbocycles. The maximum absolute atomic E-state index is 12.9. The second-order valence-corrected chi connectivity index (χ2v) is 8.60. The number of carbonyl (C=O) groups is 1. The second kappa shape index (κ2) is 9.70. The predicted octanol–water partition coefficient (Wildman–Crippen LogP) is 5.37. The lowest BCUT2D eigenvalue weighted by molar-refractivity contribution is -0.115. The Morgan fingerprint density at radius 2 is 1.66 bits per heavy atom. The molecule has 6 nitrogen and oxygen atoms in total. The number of nitrogens with one attached hydrogen (secondary N) is 1. The third kappa shape index (κ3) is 4.68. The number of benzene rings is 3. The van der Waals surface area contributed by atoms with Gasteiger partial charge in [0.15, 0.2) is 11.0 Å². The quantitative estimate of drug-likeness (QED) is 0.388. The van der Waals surface area contributed by atoms with Gasteiger partial charge in [-0.15, -0.1) is 10.2 Å². The molecule has 0 saturated heterocycles. The molecule has 0 aliphatic carbocycles. The molecule has 4 aromatic rings. The normalized spacial score (nSPS) is 11.7. The van der Waals surface area contributed by atoms with Gasteiger partial charge in [-0.25, -0.2) is 0 Å². The topological polar surface area (TPSA) is 69.0 Å². The molecular weight excluding hydrogens is 420 g/mol. The Kier molecular flexibility index (Phi) is 6.56. The monoisotopic (exact) mass is 444 g/mol. The number of amides is 1. The van der Waals surface area contributed by atoms with Crippen molar-refractivity contribution >= 4 is 23.4 Å². The van der Waals surface area contributed by atoms with Crippen molar-refractivity contribution in [1.82, 2.24) is 14.8 Å². The Bertz CT molecular complexity index is 1210. The van der Waals surface area contributed by atoms with Crippen LogP contribution in [0.25, 0.3) is 17.1 Å². The smallest absolute Gasteiger partial charge is 0.237 e. The molecule has 162 valence electrons. The van der Waals surface area contributed by atoms with E-state index in [9.17, 15) is 4.79 Å². The number of thioether (sulfide) groups is 1. The average molecular weight is 445 g/mol. The molecule has 1 aromatic heterocycles. The van der Waals surface area contributed by atoms with Crippen molar-refractivity contribution in [2.75, 3.05) is 12.4 Å². The zero-order valence-corrected chi connectivity index (χ0v) is 19.0. The summed E-state index contributed by atoms with van der Waals surface area (Å²) in [5.41, 5.74) is 3.71. The predicted molar refractivity (Wildman–Crippen MR) is 128 cm³/mol. The van der Waals surface area contributed by atoms with Crippen LogP contribution < -0.4 is 10.1 Å². The third-order valence-corrected chi connectivity index (χ3v) is 6.02. The van der Waals surface area contributed by atoms with E-state index in [4.69, 9.17) is 4.74 Å². The SMILES string of the molecule is COc1ccccc1NC(=O)C(C)Sc1nnc(-c2ccccc2)n1-c1ccc(C)cc1.